The smallest absolute Gasteiger partial charge is 0.319 e. The zero-order valence-corrected chi connectivity index (χ0v) is 12.7. The van der Waals surface area contributed by atoms with Gasteiger partial charge in [0.15, 0.2) is 0 Å². The maximum atomic E-state index is 12.0. The number of carbonyl (C=O) groups excluding carboxylic acids is 1. The maximum Gasteiger partial charge on any atom is 0.319 e. The number of rotatable bonds is 6. The number of nitrogens with zero attached hydrogens (tertiary/aromatic N) is 1. The summed E-state index contributed by atoms with van der Waals surface area (Å²) < 4.78 is 5.19. The monoisotopic (exact) mass is 303 g/mol. The van der Waals surface area contributed by atoms with E-state index in [1.807, 2.05) is 38.4 Å². The van der Waals surface area contributed by atoms with Crippen molar-refractivity contribution in [3.63, 3.8) is 0 Å². The SMILES string of the molecule is CN(C)Cc1cccc(NC(=O)NC(CO)c2ccco2)c1. The fourth-order valence-electron chi connectivity index (χ4n) is 2.13. The second kappa shape index (κ2) is 7.63. The summed E-state index contributed by atoms with van der Waals surface area (Å²) in [6.45, 7) is 0.560. The highest BCUT2D eigenvalue weighted by molar-refractivity contribution is 5.89. The number of benzene rings is 1. The molecular formula is C16H21N3O3. The summed E-state index contributed by atoms with van der Waals surface area (Å²) in [5.41, 5.74) is 1.81. The van der Waals surface area contributed by atoms with Crippen LogP contribution in [0, 0.1) is 0 Å². The van der Waals surface area contributed by atoms with E-state index in [9.17, 15) is 9.90 Å². The molecule has 118 valence electrons. The van der Waals surface area contributed by atoms with E-state index in [0.717, 1.165) is 12.1 Å². The van der Waals surface area contributed by atoms with E-state index >= 15 is 0 Å². The van der Waals surface area contributed by atoms with Crippen LogP contribution in [0.5, 0.6) is 0 Å². The molecule has 0 saturated heterocycles. The average Bonchev–Trinajstić information content (AvgIpc) is 2.98. The number of hydrogen-bond acceptors (Lipinski definition) is 4. The lowest BCUT2D eigenvalue weighted by atomic mass is 10.2. The molecule has 0 radical (unpaired) electrons. The summed E-state index contributed by atoms with van der Waals surface area (Å²) in [6.07, 6.45) is 1.50. The second-order valence-corrected chi connectivity index (χ2v) is 5.29. The third-order valence-corrected chi connectivity index (χ3v) is 3.06. The molecule has 1 aromatic carbocycles. The van der Waals surface area contributed by atoms with Gasteiger partial charge in [-0.1, -0.05) is 12.1 Å². The number of urea groups is 1. The van der Waals surface area contributed by atoms with Crippen molar-refractivity contribution < 1.29 is 14.3 Å². The molecule has 6 nitrogen and oxygen atoms in total. The number of nitrogens with one attached hydrogen (secondary N) is 2. The van der Waals surface area contributed by atoms with Crippen LogP contribution in [0.4, 0.5) is 10.5 Å². The molecule has 0 aliphatic carbocycles. The summed E-state index contributed by atoms with van der Waals surface area (Å²) in [6, 6.07) is 10.1. The van der Waals surface area contributed by atoms with Crippen LogP contribution in [-0.2, 0) is 6.54 Å². The van der Waals surface area contributed by atoms with Crippen LogP contribution in [0.3, 0.4) is 0 Å². The highest BCUT2D eigenvalue weighted by Crippen LogP contribution is 2.14. The van der Waals surface area contributed by atoms with Gasteiger partial charge in [0.05, 0.1) is 12.9 Å². The molecule has 0 fully saturated rings. The number of hydrogen-bond donors (Lipinski definition) is 3. The Bertz CT molecular complexity index is 596. The number of furan rings is 1. The van der Waals surface area contributed by atoms with Crippen LogP contribution < -0.4 is 10.6 Å². The van der Waals surface area contributed by atoms with Crippen LogP contribution in [0.2, 0.25) is 0 Å². The van der Waals surface area contributed by atoms with E-state index in [4.69, 9.17) is 4.42 Å². The molecule has 1 atom stereocenters. The normalized spacial score (nSPS) is 12.2. The Labute approximate surface area is 129 Å². The summed E-state index contributed by atoms with van der Waals surface area (Å²) in [5.74, 6) is 0.513. The molecule has 1 aromatic heterocycles. The largest absolute Gasteiger partial charge is 0.467 e. The van der Waals surface area contributed by atoms with Crippen LogP contribution in [0.1, 0.15) is 17.4 Å². The minimum atomic E-state index is -0.569. The van der Waals surface area contributed by atoms with Crippen molar-refractivity contribution in [3.05, 3.63) is 54.0 Å². The number of carbonyl (C=O) groups is 1. The Hall–Kier alpha value is -2.31. The number of amides is 2. The number of aliphatic hydroxyl groups excluding tert-OH is 1. The first-order valence-corrected chi connectivity index (χ1v) is 7.04. The molecule has 0 bridgehead atoms. The lowest BCUT2D eigenvalue weighted by Crippen LogP contribution is -2.34. The molecule has 0 aliphatic heterocycles. The van der Waals surface area contributed by atoms with Gasteiger partial charge in [-0.3, -0.25) is 0 Å². The standard InChI is InChI=1S/C16H21N3O3/c1-19(2)10-12-5-3-6-13(9-12)17-16(21)18-14(11-20)15-7-4-8-22-15/h3-9,14,20H,10-11H2,1-2H3,(H2,17,18,21). The highest BCUT2D eigenvalue weighted by Gasteiger charge is 2.16. The van der Waals surface area contributed by atoms with Crippen molar-refractivity contribution in [1.82, 2.24) is 10.2 Å². The molecule has 22 heavy (non-hydrogen) atoms. The Balaban J connectivity index is 1.96. The topological polar surface area (TPSA) is 77.7 Å². The molecule has 1 heterocycles. The van der Waals surface area contributed by atoms with Gasteiger partial charge in [-0.2, -0.15) is 0 Å². The molecule has 2 aromatic rings. The van der Waals surface area contributed by atoms with Crippen molar-refractivity contribution in [1.29, 1.82) is 0 Å². The molecule has 2 amide bonds. The van der Waals surface area contributed by atoms with Gasteiger partial charge in [0, 0.05) is 12.2 Å². The van der Waals surface area contributed by atoms with E-state index in [-0.39, 0.29) is 6.61 Å². The molecule has 0 saturated carbocycles. The van der Waals surface area contributed by atoms with Gasteiger partial charge in [-0.15, -0.1) is 0 Å². The van der Waals surface area contributed by atoms with E-state index < -0.39 is 12.1 Å². The highest BCUT2D eigenvalue weighted by atomic mass is 16.3. The van der Waals surface area contributed by atoms with E-state index in [1.54, 1.807) is 12.1 Å². The molecule has 3 N–H and O–H groups in total. The van der Waals surface area contributed by atoms with Gasteiger partial charge in [0.2, 0.25) is 0 Å². The van der Waals surface area contributed by atoms with Gasteiger partial charge in [-0.05, 0) is 43.9 Å². The van der Waals surface area contributed by atoms with Gasteiger partial charge >= 0.3 is 6.03 Å². The first-order chi connectivity index (χ1) is 10.6. The first kappa shape index (κ1) is 16.1. The third kappa shape index (κ3) is 4.61. The Morgan fingerprint density at radius 2 is 2.14 bits per heavy atom. The van der Waals surface area contributed by atoms with Gasteiger partial charge < -0.3 is 25.1 Å². The fraction of sp³-hybridized carbons (Fsp3) is 0.312. The quantitative estimate of drug-likeness (QED) is 0.764. The maximum absolute atomic E-state index is 12.0. The van der Waals surface area contributed by atoms with Crippen molar-refractivity contribution in [2.45, 2.75) is 12.6 Å². The van der Waals surface area contributed by atoms with Crippen LogP contribution in [0.25, 0.3) is 0 Å². The first-order valence-electron chi connectivity index (χ1n) is 7.04. The lowest BCUT2D eigenvalue weighted by molar-refractivity contribution is 0.215. The summed E-state index contributed by atoms with van der Waals surface area (Å²) in [4.78, 5) is 14.1. The predicted octanol–water partition coefficient (Wildman–Crippen LogP) is 2.20. The molecule has 0 aliphatic rings. The summed E-state index contributed by atoms with van der Waals surface area (Å²) in [7, 11) is 3.98. The van der Waals surface area contributed by atoms with E-state index in [2.05, 4.69) is 15.5 Å². The molecule has 6 heteroatoms. The lowest BCUT2D eigenvalue weighted by Gasteiger charge is -2.15. The zero-order chi connectivity index (χ0) is 15.9. The molecule has 1 unspecified atom stereocenters. The second-order valence-electron chi connectivity index (χ2n) is 5.29. The van der Waals surface area contributed by atoms with Crippen molar-refractivity contribution in [2.24, 2.45) is 0 Å². The van der Waals surface area contributed by atoms with Gasteiger partial charge in [-0.25, -0.2) is 4.79 Å². The summed E-state index contributed by atoms with van der Waals surface area (Å²) in [5, 5.41) is 14.8. The van der Waals surface area contributed by atoms with E-state index in [0.29, 0.717) is 11.4 Å². The average molecular weight is 303 g/mol. The Morgan fingerprint density at radius 1 is 1.32 bits per heavy atom. The predicted molar refractivity (Wildman–Crippen MR) is 84.5 cm³/mol. The molecular weight excluding hydrogens is 282 g/mol. The third-order valence-electron chi connectivity index (χ3n) is 3.06. The minimum Gasteiger partial charge on any atom is -0.467 e. The number of aliphatic hydroxyl groups is 1. The van der Waals surface area contributed by atoms with Gasteiger partial charge in [0.1, 0.15) is 11.8 Å². The Morgan fingerprint density at radius 3 is 2.77 bits per heavy atom. The molecule has 0 spiro atoms. The minimum absolute atomic E-state index is 0.235. The van der Waals surface area contributed by atoms with Crippen LogP contribution in [-0.4, -0.2) is 36.7 Å². The Kier molecular flexibility index (Phi) is 5.57. The number of anilines is 1. The summed E-state index contributed by atoms with van der Waals surface area (Å²) >= 11 is 0. The van der Waals surface area contributed by atoms with E-state index in [1.165, 1.54) is 6.26 Å². The molecule has 2 rings (SSSR count). The van der Waals surface area contributed by atoms with Crippen LogP contribution in [0.15, 0.2) is 47.1 Å². The fourth-order valence-corrected chi connectivity index (χ4v) is 2.13. The van der Waals surface area contributed by atoms with Crippen molar-refractivity contribution >= 4 is 11.7 Å². The van der Waals surface area contributed by atoms with Crippen LogP contribution >= 0.6 is 0 Å². The zero-order valence-electron chi connectivity index (χ0n) is 12.7. The van der Waals surface area contributed by atoms with Crippen molar-refractivity contribution in [2.75, 3.05) is 26.0 Å². The van der Waals surface area contributed by atoms with Crippen molar-refractivity contribution in [3.8, 4) is 0 Å². The van der Waals surface area contributed by atoms with Gasteiger partial charge in [0.25, 0.3) is 0 Å².